The number of hydrogen-bond acceptors (Lipinski definition) is 5. The molecule has 1 fully saturated rings. The Hall–Kier alpha value is -2.93. The quantitative estimate of drug-likeness (QED) is 0.586. The molecule has 0 spiro atoms. The second kappa shape index (κ2) is 8.84. The van der Waals surface area contributed by atoms with Gasteiger partial charge >= 0.3 is 0 Å². The summed E-state index contributed by atoms with van der Waals surface area (Å²) in [6.07, 6.45) is 0.994. The van der Waals surface area contributed by atoms with Crippen molar-refractivity contribution in [3.8, 4) is 5.75 Å². The lowest BCUT2D eigenvalue weighted by atomic mass is 10.1. The number of carbonyl (C=O) groups excluding carboxylic acids is 1. The third-order valence-electron chi connectivity index (χ3n) is 5.17. The molecule has 1 aliphatic rings. The molecule has 0 aromatic heterocycles. The summed E-state index contributed by atoms with van der Waals surface area (Å²) in [6.45, 7) is 5.69. The zero-order chi connectivity index (χ0) is 20.1. The number of nitro benzene ring substituents is 1. The van der Waals surface area contributed by atoms with Gasteiger partial charge in [-0.3, -0.25) is 19.8 Å². The number of phenols is 1. The average molecular weight is 383 g/mol. The highest BCUT2D eigenvalue weighted by molar-refractivity contribution is 5.98. The molecular formula is C21H25N3O4. The molecule has 0 radical (unpaired) electrons. The highest BCUT2D eigenvalue weighted by atomic mass is 16.6. The third-order valence-corrected chi connectivity index (χ3v) is 5.17. The highest BCUT2D eigenvalue weighted by Crippen LogP contribution is 2.26. The van der Waals surface area contributed by atoms with Gasteiger partial charge in [0.2, 0.25) is 0 Å². The van der Waals surface area contributed by atoms with E-state index in [1.807, 2.05) is 25.1 Å². The summed E-state index contributed by atoms with van der Waals surface area (Å²) in [4.78, 5) is 27.6. The van der Waals surface area contributed by atoms with E-state index in [0.29, 0.717) is 19.0 Å². The first-order valence-electron chi connectivity index (χ1n) is 9.51. The monoisotopic (exact) mass is 383 g/mol. The molecule has 28 heavy (non-hydrogen) atoms. The van der Waals surface area contributed by atoms with Gasteiger partial charge in [0, 0.05) is 26.2 Å². The number of carbonyl (C=O) groups is 1. The number of nitrogens with zero attached hydrogens (tertiary/aromatic N) is 3. The molecule has 1 aliphatic heterocycles. The van der Waals surface area contributed by atoms with Gasteiger partial charge in [0.15, 0.2) is 0 Å². The lowest BCUT2D eigenvalue weighted by Crippen LogP contribution is -2.36. The molecule has 1 N–H and O–H groups in total. The Morgan fingerprint density at radius 1 is 1.29 bits per heavy atom. The number of phenolic OH excluding ortho intramolecular Hbond substituents is 1. The van der Waals surface area contributed by atoms with E-state index in [4.69, 9.17) is 0 Å². The van der Waals surface area contributed by atoms with Crippen molar-refractivity contribution in [2.75, 3.05) is 26.2 Å². The zero-order valence-electron chi connectivity index (χ0n) is 16.0. The molecule has 0 aliphatic carbocycles. The van der Waals surface area contributed by atoms with E-state index in [-0.39, 0.29) is 22.9 Å². The first-order chi connectivity index (χ1) is 13.5. The maximum Gasteiger partial charge on any atom is 0.285 e. The molecule has 2 aromatic rings. The Morgan fingerprint density at radius 3 is 2.71 bits per heavy atom. The average Bonchev–Trinajstić information content (AvgIpc) is 3.13. The van der Waals surface area contributed by atoms with Crippen LogP contribution in [0.5, 0.6) is 5.75 Å². The number of amides is 1. The summed E-state index contributed by atoms with van der Waals surface area (Å²) >= 11 is 0. The number of nitro groups is 1. The molecule has 7 nitrogen and oxygen atoms in total. The van der Waals surface area contributed by atoms with Gasteiger partial charge in [0.05, 0.1) is 11.0 Å². The second-order valence-corrected chi connectivity index (χ2v) is 7.18. The second-order valence-electron chi connectivity index (χ2n) is 7.18. The van der Waals surface area contributed by atoms with Gasteiger partial charge < -0.3 is 10.0 Å². The van der Waals surface area contributed by atoms with Gasteiger partial charge in [-0.05, 0) is 43.5 Å². The maximum absolute atomic E-state index is 12.9. The Bertz CT molecular complexity index is 841. The molecule has 0 unspecified atom stereocenters. The Morgan fingerprint density at radius 2 is 2.04 bits per heavy atom. The molecule has 3 rings (SSSR count). The minimum absolute atomic E-state index is 0.0174. The van der Waals surface area contributed by atoms with Crippen LogP contribution < -0.4 is 0 Å². The summed E-state index contributed by atoms with van der Waals surface area (Å²) in [5.41, 5.74) is 0.927. The lowest BCUT2D eigenvalue weighted by molar-refractivity contribution is -0.385. The van der Waals surface area contributed by atoms with Crippen molar-refractivity contribution in [1.29, 1.82) is 0 Å². The summed E-state index contributed by atoms with van der Waals surface area (Å²) in [5, 5.41) is 20.8. The molecule has 2 aromatic carbocycles. The van der Waals surface area contributed by atoms with Crippen LogP contribution in [-0.2, 0) is 6.54 Å². The first kappa shape index (κ1) is 19.8. The van der Waals surface area contributed by atoms with Crippen LogP contribution in [0.3, 0.4) is 0 Å². The van der Waals surface area contributed by atoms with Crippen LogP contribution in [-0.4, -0.2) is 51.9 Å². The fraction of sp³-hybridized carbons (Fsp3) is 0.381. The Labute approximate surface area is 164 Å². The standard InChI is InChI=1S/C21H25N3O4/c1-2-23(21(26)19-9-8-18(25)12-20(19)24(27)28)15-17-10-11-22(14-17)13-16-6-4-3-5-7-16/h3-9,12,17,25H,2,10-11,13-15H2,1H3/t17-/m0/s1. The van der Waals surface area contributed by atoms with Gasteiger partial charge in [-0.25, -0.2) is 0 Å². The van der Waals surface area contributed by atoms with Gasteiger partial charge in [-0.15, -0.1) is 0 Å². The number of hydrogen-bond donors (Lipinski definition) is 1. The fourth-order valence-electron chi connectivity index (χ4n) is 3.74. The Balaban J connectivity index is 1.65. The van der Waals surface area contributed by atoms with Crippen LogP contribution in [0.4, 0.5) is 5.69 Å². The zero-order valence-corrected chi connectivity index (χ0v) is 16.0. The van der Waals surface area contributed by atoms with Gasteiger partial charge in [-0.1, -0.05) is 30.3 Å². The lowest BCUT2D eigenvalue weighted by Gasteiger charge is -2.25. The van der Waals surface area contributed by atoms with Gasteiger partial charge in [-0.2, -0.15) is 0 Å². The smallest absolute Gasteiger partial charge is 0.285 e. The van der Waals surface area contributed by atoms with Crippen molar-refractivity contribution in [3.05, 3.63) is 69.8 Å². The van der Waals surface area contributed by atoms with Crippen molar-refractivity contribution in [1.82, 2.24) is 9.80 Å². The third kappa shape index (κ3) is 4.67. The number of aromatic hydroxyl groups is 1. The van der Waals surface area contributed by atoms with Crippen LogP contribution in [0.2, 0.25) is 0 Å². The van der Waals surface area contributed by atoms with Crippen molar-refractivity contribution < 1.29 is 14.8 Å². The Kier molecular flexibility index (Phi) is 6.26. The van der Waals surface area contributed by atoms with Gasteiger partial charge in [0.25, 0.3) is 11.6 Å². The minimum atomic E-state index is -0.627. The topological polar surface area (TPSA) is 86.9 Å². The molecule has 1 amide bonds. The molecule has 7 heteroatoms. The van der Waals surface area contributed by atoms with Crippen LogP contribution in [0, 0.1) is 16.0 Å². The summed E-state index contributed by atoms with van der Waals surface area (Å²) < 4.78 is 0. The summed E-state index contributed by atoms with van der Waals surface area (Å²) in [5.74, 6) is -0.252. The number of benzene rings is 2. The number of likely N-dealkylation sites (tertiary alicyclic amines) is 1. The first-order valence-corrected chi connectivity index (χ1v) is 9.51. The van der Waals surface area contributed by atoms with Crippen LogP contribution in [0.1, 0.15) is 29.3 Å². The van der Waals surface area contributed by atoms with Crippen molar-refractivity contribution >= 4 is 11.6 Å². The van der Waals surface area contributed by atoms with Crippen LogP contribution >= 0.6 is 0 Å². The SMILES string of the molecule is CCN(C[C@H]1CCN(Cc2ccccc2)C1)C(=O)c1ccc(O)cc1[N+](=O)[O-]. The molecule has 1 atom stereocenters. The van der Waals surface area contributed by atoms with Gasteiger partial charge in [0.1, 0.15) is 11.3 Å². The van der Waals surface area contributed by atoms with Crippen molar-refractivity contribution in [3.63, 3.8) is 0 Å². The molecule has 0 bridgehead atoms. The van der Waals surface area contributed by atoms with E-state index in [1.54, 1.807) is 4.90 Å². The van der Waals surface area contributed by atoms with E-state index in [9.17, 15) is 20.0 Å². The molecule has 0 saturated carbocycles. The predicted molar refractivity (Wildman–Crippen MR) is 106 cm³/mol. The highest BCUT2D eigenvalue weighted by Gasteiger charge is 2.29. The minimum Gasteiger partial charge on any atom is -0.508 e. The van der Waals surface area contributed by atoms with E-state index in [1.165, 1.54) is 17.7 Å². The summed E-state index contributed by atoms with van der Waals surface area (Å²) in [6, 6.07) is 14.0. The van der Waals surface area contributed by atoms with Crippen LogP contribution in [0.25, 0.3) is 0 Å². The molecule has 1 saturated heterocycles. The van der Waals surface area contributed by atoms with E-state index in [2.05, 4.69) is 17.0 Å². The van der Waals surface area contributed by atoms with E-state index < -0.39 is 4.92 Å². The molecular weight excluding hydrogens is 358 g/mol. The van der Waals surface area contributed by atoms with E-state index in [0.717, 1.165) is 32.1 Å². The van der Waals surface area contributed by atoms with Crippen LogP contribution in [0.15, 0.2) is 48.5 Å². The van der Waals surface area contributed by atoms with E-state index >= 15 is 0 Å². The normalized spacial score (nSPS) is 16.8. The number of rotatable bonds is 7. The summed E-state index contributed by atoms with van der Waals surface area (Å²) in [7, 11) is 0. The molecule has 148 valence electrons. The molecule has 1 heterocycles. The fourth-order valence-corrected chi connectivity index (χ4v) is 3.74. The van der Waals surface area contributed by atoms with Crippen molar-refractivity contribution in [2.24, 2.45) is 5.92 Å². The largest absolute Gasteiger partial charge is 0.508 e. The predicted octanol–water partition coefficient (Wildman–Crippen LogP) is 3.28. The van der Waals surface area contributed by atoms with Crippen molar-refractivity contribution in [2.45, 2.75) is 19.9 Å². The maximum atomic E-state index is 12.9.